The van der Waals surface area contributed by atoms with E-state index in [4.69, 9.17) is 34.0 Å². The Morgan fingerprint density at radius 3 is 1.00 bits per heavy atom. The molecule has 18 nitrogen and oxygen atoms in total. The van der Waals surface area contributed by atoms with Gasteiger partial charge in [0.2, 0.25) is 0 Å². The van der Waals surface area contributed by atoms with Crippen molar-refractivity contribution in [2.45, 2.75) is 106 Å². The number of hydrogen-bond donors (Lipinski definition) is 0. The summed E-state index contributed by atoms with van der Waals surface area (Å²) in [6.07, 6.45) is 14.8. The molecule has 4 atom stereocenters. The number of nitrogens with zero attached hydrogens (tertiary/aromatic N) is 18. The number of hydrogen-bond acceptors (Lipinski definition) is 14. The molecule has 0 bridgehead atoms. The summed E-state index contributed by atoms with van der Waals surface area (Å²) in [5.41, 5.74) is 34.0. The van der Waals surface area contributed by atoms with Gasteiger partial charge in [0.15, 0.2) is 11.6 Å². The van der Waals surface area contributed by atoms with Gasteiger partial charge in [-0.2, -0.15) is 0 Å². The summed E-state index contributed by atoms with van der Waals surface area (Å²) in [6.45, 7) is 15.0. The number of fused-ring (bicyclic) bond motifs is 22. The van der Waals surface area contributed by atoms with Crippen molar-refractivity contribution >= 4 is 107 Å². The average molecular weight is 1560 g/mol. The minimum Gasteiger partial charge on any atom is -0.359 e. The lowest BCUT2D eigenvalue weighted by Crippen LogP contribution is -2.36. The second kappa shape index (κ2) is 27.9. The molecular weight excluding hydrogens is 1470 g/mol. The van der Waals surface area contributed by atoms with Crippen molar-refractivity contribution < 1.29 is 4.11 Å². The van der Waals surface area contributed by atoms with Crippen LogP contribution < -0.4 is 34.3 Å². The van der Waals surface area contributed by atoms with Gasteiger partial charge >= 0.3 is 0 Å². The molecule has 0 unspecified atom stereocenters. The maximum Gasteiger partial charge on any atom is 0.178 e. The van der Waals surface area contributed by atoms with E-state index < -0.39 is 6.98 Å². The van der Waals surface area contributed by atoms with Gasteiger partial charge in [-0.1, -0.05) is 164 Å². The van der Waals surface area contributed by atoms with Gasteiger partial charge in [-0.15, -0.1) is 0 Å². The summed E-state index contributed by atoms with van der Waals surface area (Å²) in [7, 11) is 0. The molecule has 0 N–H and O–H groups in total. The van der Waals surface area contributed by atoms with Crippen LogP contribution in [-0.2, 0) is 25.7 Å². The summed E-state index contributed by atoms with van der Waals surface area (Å²) in [5, 5.41) is 0. The molecule has 0 saturated carbocycles. The number of rotatable bonds is 7. The van der Waals surface area contributed by atoms with Crippen LogP contribution in [0.1, 0.15) is 99.6 Å². The van der Waals surface area contributed by atoms with E-state index in [1.807, 2.05) is 37.1 Å². The molecule has 0 spiro atoms. The Bertz CT molecular complexity index is 6890. The molecule has 17 aromatic rings. The van der Waals surface area contributed by atoms with Crippen molar-refractivity contribution in [1.29, 1.82) is 0 Å². The molecule has 8 aliphatic heterocycles. The van der Waals surface area contributed by atoms with Gasteiger partial charge in [0.05, 0.1) is 78.9 Å². The summed E-state index contributed by atoms with van der Waals surface area (Å²) in [6, 6.07) is 92.0. The largest absolute Gasteiger partial charge is 0.359 e. The number of aryl methyl sites for hydroxylation is 4. The third-order valence-corrected chi connectivity index (χ3v) is 25.1. The highest BCUT2D eigenvalue weighted by atomic mass is 15.5. The molecule has 0 aliphatic carbocycles. The van der Waals surface area contributed by atoms with Crippen LogP contribution in [0.5, 0.6) is 0 Å². The van der Waals surface area contributed by atoms with E-state index in [-0.39, 0.29) is 24.7 Å². The Labute approximate surface area is 695 Å². The first-order valence-corrected chi connectivity index (χ1v) is 41.1. The average Bonchev–Trinajstić information content (AvgIpc) is 1.57. The molecule has 0 amide bonds. The maximum absolute atomic E-state index is 7.75. The topological polar surface area (TPSA) is 123 Å². The van der Waals surface area contributed by atoms with Gasteiger partial charge in [0.25, 0.3) is 0 Å². The van der Waals surface area contributed by atoms with Crippen molar-refractivity contribution in [2.75, 3.05) is 41.3 Å². The third-order valence-electron chi connectivity index (χ3n) is 25.1. The van der Waals surface area contributed by atoms with E-state index >= 15 is 0 Å². The van der Waals surface area contributed by atoms with Crippen LogP contribution >= 0.6 is 0 Å². The molecule has 25 rings (SSSR count). The quantitative estimate of drug-likeness (QED) is 0.150. The minimum atomic E-state index is -2.17. The van der Waals surface area contributed by atoms with E-state index in [0.29, 0.717) is 0 Å². The van der Waals surface area contributed by atoms with Gasteiger partial charge in [-0.05, 0) is 197 Å². The Kier molecular flexibility index (Phi) is 15.9. The van der Waals surface area contributed by atoms with Crippen molar-refractivity contribution in [1.82, 2.24) is 53.1 Å². The molecule has 8 aliphatic rings. The summed E-state index contributed by atoms with van der Waals surface area (Å²) >= 11 is 0. The Balaban J connectivity index is 0.0000000975. The summed E-state index contributed by atoms with van der Waals surface area (Å²) in [4.78, 5) is 47.5. The lowest BCUT2D eigenvalue weighted by atomic mass is 10.1. The Morgan fingerprint density at radius 2 is 0.588 bits per heavy atom. The molecular formula is C101H88N18. The number of aromatic nitrogens is 10. The number of benzene rings is 12. The first kappa shape index (κ1) is 67.8. The Morgan fingerprint density at radius 1 is 0.277 bits per heavy atom. The number of imidazole rings is 4. The number of para-hydroxylation sites is 9. The van der Waals surface area contributed by atoms with Crippen LogP contribution in [-0.4, -0.2) is 84.7 Å². The lowest BCUT2D eigenvalue weighted by molar-refractivity contribution is 0.383. The van der Waals surface area contributed by atoms with Crippen LogP contribution in [0.25, 0.3) is 66.9 Å². The van der Waals surface area contributed by atoms with Crippen LogP contribution in [0.15, 0.2) is 298 Å². The van der Waals surface area contributed by atoms with Crippen molar-refractivity contribution in [3.8, 4) is 22.7 Å². The van der Waals surface area contributed by atoms with Crippen molar-refractivity contribution in [3.63, 3.8) is 0 Å². The SMILES string of the molecule is Cc1ccc2c(nc3n2-c2ccccc2C3)c1N1C=CN(c2ccccc2)[C@@H]1C.Cc1ccc2c(nc3n2-c2ccccc2C3)c1N1c2ccccc2N(c2ccccc2)[C@@H]1C.Cc1ccc2c(nc3n2-c2ccccc2C3)c1N1c2nccnc2N(c2ccccc2)[C@@H]1C.[2H]C([2H])([2H])N1C=CN(c2c(C)ccc3c2nc2n3-c3ccccc3C2)[C@H]1C. The van der Waals surface area contributed by atoms with Crippen LogP contribution in [0.4, 0.5) is 62.8 Å². The van der Waals surface area contributed by atoms with Crippen LogP contribution in [0, 0.1) is 27.7 Å². The smallest absolute Gasteiger partial charge is 0.178 e. The van der Waals surface area contributed by atoms with E-state index in [9.17, 15) is 0 Å². The summed E-state index contributed by atoms with van der Waals surface area (Å²) in [5.74, 6) is 6.09. The fourth-order valence-electron chi connectivity index (χ4n) is 19.6. The summed E-state index contributed by atoms with van der Waals surface area (Å²) < 4.78 is 32.4. The van der Waals surface area contributed by atoms with Gasteiger partial charge < -0.3 is 34.3 Å². The van der Waals surface area contributed by atoms with E-state index in [1.54, 1.807) is 18.6 Å². The lowest BCUT2D eigenvalue weighted by Gasteiger charge is -2.31. The highest BCUT2D eigenvalue weighted by Gasteiger charge is 2.42. The van der Waals surface area contributed by atoms with Crippen molar-refractivity contribution in [3.05, 3.63) is 366 Å². The van der Waals surface area contributed by atoms with Gasteiger partial charge in [0.1, 0.15) is 70.0 Å². The molecule has 119 heavy (non-hydrogen) atoms. The Hall–Kier alpha value is -14.5. The fraction of sp³-hybridized carbons (Fsp3) is 0.168. The third kappa shape index (κ3) is 11.1. The molecule has 0 saturated heterocycles. The van der Waals surface area contributed by atoms with Crippen LogP contribution in [0.2, 0.25) is 0 Å². The molecule has 582 valence electrons. The minimum absolute atomic E-state index is 0.00192. The standard InChI is InChI=1S/C29H24N4.C27H22N6.C25H22N4.C20H20N4/c1-19-16-17-26-28(30-27-18-21-10-6-7-13-23(21)33(26)27)29(19)32-20(2)31(22-11-4-3-5-12-22)24-14-8-9-15-25(24)32;1-17-12-13-22-24(30-23-16-19-8-6-7-11-21(19)33(22)23)25(17)32-18(2)31(20-9-4-3-5-10-20)26-27(32)29-15-14-28-26;1-17-12-13-22-24(26-23-16-19-8-6-7-11-21(19)29(22)23)25(17)28-15-14-27(18(28)2)20-9-4-3-5-10-20;1-13-8-9-17-19(20(13)23-11-10-22(3)14(23)2)21-18-12-15-6-4-5-7-16(15)24(17)18/h3-17,20H,18H2,1-2H3;3-15,18H,16H2,1-2H3;3-15,18H,16H2,1-2H3;4-11,14H,12H2,1-3H3/t20-;2*18-;14-/m0000/s1/i;;;3D3. The van der Waals surface area contributed by atoms with Crippen LogP contribution in [0.3, 0.4) is 0 Å². The van der Waals surface area contributed by atoms with Gasteiger partial charge in [-0.25, -0.2) is 29.9 Å². The molecule has 13 heterocycles. The zero-order chi connectivity index (χ0) is 82.7. The predicted octanol–water partition coefficient (Wildman–Crippen LogP) is 21.7. The zero-order valence-corrected chi connectivity index (χ0v) is 67.5. The van der Waals surface area contributed by atoms with Gasteiger partial charge in [0, 0.05) is 91.0 Å². The highest BCUT2D eigenvalue weighted by Crippen LogP contribution is 2.53. The fourth-order valence-corrected chi connectivity index (χ4v) is 19.6. The molecule has 5 aromatic heterocycles. The van der Waals surface area contributed by atoms with Crippen molar-refractivity contribution in [2.24, 2.45) is 0 Å². The first-order chi connectivity index (χ1) is 59.5. The molecule has 18 heteroatoms. The van der Waals surface area contributed by atoms with E-state index in [1.165, 1.54) is 112 Å². The van der Waals surface area contributed by atoms with E-state index in [2.05, 4.69) is 350 Å². The molecule has 0 fully saturated rings. The second-order valence-electron chi connectivity index (χ2n) is 32.0. The first-order valence-electron chi connectivity index (χ1n) is 42.6. The number of anilines is 11. The molecule has 0 radical (unpaired) electrons. The second-order valence-corrected chi connectivity index (χ2v) is 32.0. The normalized spacial score (nSPS) is 17.4. The maximum atomic E-state index is 7.75. The predicted molar refractivity (Wildman–Crippen MR) is 482 cm³/mol. The molecule has 12 aromatic carbocycles. The highest BCUT2D eigenvalue weighted by molar-refractivity contribution is 6.02. The van der Waals surface area contributed by atoms with E-state index in [0.717, 1.165) is 116 Å². The zero-order valence-electron chi connectivity index (χ0n) is 70.5. The van der Waals surface area contributed by atoms with Gasteiger partial charge in [-0.3, -0.25) is 23.2 Å². The monoisotopic (exact) mass is 1560 g/mol.